The maximum Gasteiger partial charge on any atom is 0.243 e. The molecular formula is C16H23N3O2S. The summed E-state index contributed by atoms with van der Waals surface area (Å²) in [5, 5.41) is 8.69. The van der Waals surface area contributed by atoms with E-state index in [-0.39, 0.29) is 0 Å². The Bertz CT molecular complexity index is 626. The zero-order valence-corrected chi connectivity index (χ0v) is 14.0. The summed E-state index contributed by atoms with van der Waals surface area (Å²) in [5.74, 6) is 0.436. The van der Waals surface area contributed by atoms with Crippen molar-refractivity contribution in [2.45, 2.75) is 31.1 Å². The molecule has 0 radical (unpaired) electrons. The van der Waals surface area contributed by atoms with E-state index in [9.17, 15) is 8.42 Å². The fourth-order valence-electron chi connectivity index (χ4n) is 2.58. The number of rotatable bonds is 5. The van der Waals surface area contributed by atoms with E-state index in [1.165, 1.54) is 9.87 Å². The minimum Gasteiger partial charge on any atom is -0.288 e. The summed E-state index contributed by atoms with van der Waals surface area (Å²) in [5.41, 5.74) is 1.17. The Hall–Kier alpha value is -1.42. The molecule has 1 aromatic carbocycles. The molecule has 0 N–H and O–H groups in total. The van der Waals surface area contributed by atoms with Gasteiger partial charge in [-0.25, -0.2) is 8.42 Å². The van der Waals surface area contributed by atoms with E-state index >= 15 is 0 Å². The van der Waals surface area contributed by atoms with Crippen LogP contribution in [0.1, 0.15) is 31.7 Å². The van der Waals surface area contributed by atoms with Crippen molar-refractivity contribution < 1.29 is 8.42 Å². The predicted molar refractivity (Wildman–Crippen MR) is 86.0 cm³/mol. The third-order valence-electron chi connectivity index (χ3n) is 4.32. The first-order valence-electron chi connectivity index (χ1n) is 7.68. The molecule has 1 saturated heterocycles. The van der Waals surface area contributed by atoms with Crippen molar-refractivity contribution in [2.24, 2.45) is 0 Å². The molecular weight excluding hydrogens is 298 g/mol. The van der Waals surface area contributed by atoms with Crippen LogP contribution < -0.4 is 0 Å². The molecule has 2 rings (SSSR count). The van der Waals surface area contributed by atoms with Crippen molar-refractivity contribution >= 4 is 10.0 Å². The van der Waals surface area contributed by atoms with Gasteiger partial charge in [-0.3, -0.25) is 4.90 Å². The average molecular weight is 321 g/mol. The molecule has 0 bridgehead atoms. The van der Waals surface area contributed by atoms with E-state index in [2.05, 4.69) is 19.9 Å². The molecule has 1 atom stereocenters. The van der Waals surface area contributed by atoms with Crippen molar-refractivity contribution in [1.29, 1.82) is 5.26 Å². The third-order valence-corrected chi connectivity index (χ3v) is 6.24. The number of piperazine rings is 1. The van der Waals surface area contributed by atoms with Crippen molar-refractivity contribution in [3.8, 4) is 6.07 Å². The highest BCUT2D eigenvalue weighted by Crippen LogP contribution is 2.22. The summed E-state index contributed by atoms with van der Waals surface area (Å²) in [4.78, 5) is 2.33. The SMILES string of the molecule is CCC(C)c1ccc(S(=O)(=O)N2CCN(CC#N)CC2)cc1. The summed E-state index contributed by atoms with van der Waals surface area (Å²) < 4.78 is 26.8. The molecule has 0 spiro atoms. The average Bonchev–Trinajstić information content (AvgIpc) is 2.55. The fraction of sp³-hybridized carbons (Fsp3) is 0.562. The van der Waals surface area contributed by atoms with E-state index in [1.54, 1.807) is 12.1 Å². The van der Waals surface area contributed by atoms with Gasteiger partial charge in [0.2, 0.25) is 10.0 Å². The number of benzene rings is 1. The molecule has 0 saturated carbocycles. The van der Waals surface area contributed by atoms with Crippen LogP contribution in [0.2, 0.25) is 0 Å². The van der Waals surface area contributed by atoms with Gasteiger partial charge in [-0.15, -0.1) is 0 Å². The predicted octanol–water partition coefficient (Wildman–Crippen LogP) is 2.03. The number of nitrogens with zero attached hydrogens (tertiary/aromatic N) is 3. The molecule has 1 heterocycles. The van der Waals surface area contributed by atoms with Crippen molar-refractivity contribution in [3.63, 3.8) is 0 Å². The molecule has 0 aromatic heterocycles. The zero-order valence-electron chi connectivity index (χ0n) is 13.2. The molecule has 0 amide bonds. The number of nitriles is 1. The van der Waals surface area contributed by atoms with E-state index in [0.717, 1.165) is 6.42 Å². The number of hydrogen-bond acceptors (Lipinski definition) is 4. The van der Waals surface area contributed by atoms with Crippen LogP contribution in [0, 0.1) is 11.3 Å². The summed E-state index contributed by atoms with van der Waals surface area (Å²) in [6, 6.07) is 9.34. The highest BCUT2D eigenvalue weighted by atomic mass is 32.2. The van der Waals surface area contributed by atoms with E-state index in [1.807, 2.05) is 17.0 Å². The van der Waals surface area contributed by atoms with Crippen LogP contribution in [0.4, 0.5) is 0 Å². The summed E-state index contributed by atoms with van der Waals surface area (Å²) >= 11 is 0. The van der Waals surface area contributed by atoms with Gasteiger partial charge in [0.25, 0.3) is 0 Å². The Morgan fingerprint density at radius 3 is 2.27 bits per heavy atom. The van der Waals surface area contributed by atoms with E-state index in [0.29, 0.717) is 43.5 Å². The maximum atomic E-state index is 12.6. The number of hydrogen-bond donors (Lipinski definition) is 0. The van der Waals surface area contributed by atoms with Gasteiger partial charge in [0.15, 0.2) is 0 Å². The molecule has 1 unspecified atom stereocenters. The Morgan fingerprint density at radius 1 is 1.18 bits per heavy atom. The largest absolute Gasteiger partial charge is 0.288 e. The Kier molecular flexibility index (Phi) is 5.57. The summed E-state index contributed by atoms with van der Waals surface area (Å²) in [6.07, 6.45) is 1.03. The van der Waals surface area contributed by atoms with Crippen LogP contribution in [0.15, 0.2) is 29.2 Å². The molecule has 5 nitrogen and oxygen atoms in total. The highest BCUT2D eigenvalue weighted by Gasteiger charge is 2.28. The zero-order chi connectivity index (χ0) is 16.2. The molecule has 6 heteroatoms. The lowest BCUT2D eigenvalue weighted by molar-refractivity contribution is 0.206. The first-order valence-corrected chi connectivity index (χ1v) is 9.12. The van der Waals surface area contributed by atoms with Crippen LogP contribution in [-0.2, 0) is 10.0 Å². The van der Waals surface area contributed by atoms with Crippen LogP contribution in [-0.4, -0.2) is 50.3 Å². The molecule has 0 aliphatic carbocycles. The van der Waals surface area contributed by atoms with Crippen LogP contribution >= 0.6 is 0 Å². The first kappa shape index (κ1) is 16.9. The van der Waals surface area contributed by atoms with E-state index < -0.39 is 10.0 Å². The van der Waals surface area contributed by atoms with Crippen LogP contribution in [0.5, 0.6) is 0 Å². The standard InChI is InChI=1S/C16H23N3O2S/c1-3-14(2)15-4-6-16(7-5-15)22(20,21)19-12-10-18(9-8-17)11-13-19/h4-7,14H,3,9-13H2,1-2H3. The molecule has 1 aromatic rings. The van der Waals surface area contributed by atoms with Gasteiger partial charge >= 0.3 is 0 Å². The summed E-state index contributed by atoms with van der Waals surface area (Å²) in [6.45, 7) is 6.72. The van der Waals surface area contributed by atoms with Crippen molar-refractivity contribution in [2.75, 3.05) is 32.7 Å². The molecule has 120 valence electrons. The van der Waals surface area contributed by atoms with Gasteiger partial charge in [-0.05, 0) is 30.0 Å². The van der Waals surface area contributed by atoms with Crippen molar-refractivity contribution in [1.82, 2.24) is 9.21 Å². The first-order chi connectivity index (χ1) is 10.5. The molecule has 1 aliphatic rings. The minimum atomic E-state index is -3.43. The summed E-state index contributed by atoms with van der Waals surface area (Å²) in [7, 11) is -3.43. The molecule has 22 heavy (non-hydrogen) atoms. The normalized spacial score (nSPS) is 18.8. The highest BCUT2D eigenvalue weighted by molar-refractivity contribution is 7.89. The van der Waals surface area contributed by atoms with Gasteiger partial charge in [0.1, 0.15) is 0 Å². The lowest BCUT2D eigenvalue weighted by Crippen LogP contribution is -2.48. The second-order valence-electron chi connectivity index (χ2n) is 5.72. The Morgan fingerprint density at radius 2 is 1.77 bits per heavy atom. The maximum absolute atomic E-state index is 12.6. The van der Waals surface area contributed by atoms with E-state index in [4.69, 9.17) is 5.26 Å². The second-order valence-corrected chi connectivity index (χ2v) is 7.65. The van der Waals surface area contributed by atoms with Gasteiger partial charge in [0, 0.05) is 26.2 Å². The quantitative estimate of drug-likeness (QED) is 0.778. The minimum absolute atomic E-state index is 0.355. The van der Waals surface area contributed by atoms with Gasteiger partial charge < -0.3 is 0 Å². The smallest absolute Gasteiger partial charge is 0.243 e. The topological polar surface area (TPSA) is 64.4 Å². The fourth-order valence-corrected chi connectivity index (χ4v) is 4.00. The third kappa shape index (κ3) is 3.67. The lowest BCUT2D eigenvalue weighted by atomic mass is 9.99. The lowest BCUT2D eigenvalue weighted by Gasteiger charge is -2.32. The Balaban J connectivity index is 2.09. The number of sulfonamides is 1. The molecule has 1 fully saturated rings. The molecule has 1 aliphatic heterocycles. The van der Waals surface area contributed by atoms with Gasteiger partial charge in [-0.2, -0.15) is 9.57 Å². The van der Waals surface area contributed by atoms with Gasteiger partial charge in [0.05, 0.1) is 17.5 Å². The van der Waals surface area contributed by atoms with Crippen LogP contribution in [0.25, 0.3) is 0 Å². The van der Waals surface area contributed by atoms with Gasteiger partial charge in [-0.1, -0.05) is 26.0 Å². The van der Waals surface area contributed by atoms with Crippen molar-refractivity contribution in [3.05, 3.63) is 29.8 Å². The van der Waals surface area contributed by atoms with Crippen LogP contribution in [0.3, 0.4) is 0 Å². The second kappa shape index (κ2) is 7.23. The Labute approximate surface area is 133 Å². The monoisotopic (exact) mass is 321 g/mol.